The number of halogens is 1. The minimum Gasteiger partial charge on any atom is -0.496 e. The molecule has 1 saturated heterocycles. The van der Waals surface area contributed by atoms with E-state index < -0.39 is 35.5 Å². The van der Waals surface area contributed by atoms with Crippen LogP contribution in [0.2, 0.25) is 0 Å². The Bertz CT molecular complexity index is 1970. The molecule has 3 aromatic carbocycles. The Kier molecular flexibility index (Phi) is 10.1. The monoisotopic (exact) mass is 683 g/mol. The minimum atomic E-state index is -0.658. The van der Waals surface area contributed by atoms with Gasteiger partial charge in [-0.2, -0.15) is 4.98 Å². The number of amides is 3. The topological polar surface area (TPSA) is 152 Å². The van der Waals surface area contributed by atoms with Crippen LogP contribution in [0, 0.1) is 19.7 Å². The van der Waals surface area contributed by atoms with Gasteiger partial charge in [0.05, 0.1) is 13.2 Å². The highest BCUT2D eigenvalue weighted by atomic mass is 19.1. The van der Waals surface area contributed by atoms with Crippen LogP contribution in [0.15, 0.2) is 65.5 Å². The lowest BCUT2D eigenvalue weighted by Crippen LogP contribution is -2.58. The van der Waals surface area contributed by atoms with Gasteiger partial charge in [0.2, 0.25) is 5.91 Å². The number of likely N-dealkylation sites (tertiary alicyclic amines) is 1. The lowest BCUT2D eigenvalue weighted by Gasteiger charge is -2.39. The number of carbonyl (C=O) groups excluding carboxylic acids is 3. The first-order valence-electron chi connectivity index (χ1n) is 16.4. The molecule has 13 heteroatoms. The minimum absolute atomic E-state index is 0.0380. The van der Waals surface area contributed by atoms with Gasteiger partial charge in [0.15, 0.2) is 6.61 Å². The number of piperidine rings is 1. The van der Waals surface area contributed by atoms with E-state index >= 15 is 0 Å². The van der Waals surface area contributed by atoms with E-state index in [0.29, 0.717) is 64.5 Å². The van der Waals surface area contributed by atoms with E-state index in [0.717, 1.165) is 5.56 Å². The van der Waals surface area contributed by atoms with Gasteiger partial charge in [-0.3, -0.25) is 14.4 Å². The molecule has 3 N–H and O–H groups in total. The van der Waals surface area contributed by atoms with Crippen LogP contribution in [0.4, 0.5) is 4.39 Å². The number of rotatable bonds is 4. The van der Waals surface area contributed by atoms with Crippen molar-refractivity contribution in [2.75, 3.05) is 26.8 Å². The lowest BCUT2D eigenvalue weighted by atomic mass is 9.98. The van der Waals surface area contributed by atoms with E-state index in [1.807, 2.05) is 6.07 Å². The molecule has 6 rings (SSSR count). The molecule has 0 unspecified atom stereocenters. The number of aromatic nitrogens is 2. The van der Waals surface area contributed by atoms with Crippen LogP contribution in [0.25, 0.3) is 11.1 Å². The predicted octanol–water partition coefficient (Wildman–Crippen LogP) is 3.62. The zero-order chi connectivity index (χ0) is 35.4. The molecule has 0 saturated carbocycles. The highest BCUT2D eigenvalue weighted by molar-refractivity contribution is 5.96. The second-order valence-electron chi connectivity index (χ2n) is 12.4. The van der Waals surface area contributed by atoms with Crippen molar-refractivity contribution in [2.45, 2.75) is 51.8 Å². The van der Waals surface area contributed by atoms with Crippen molar-refractivity contribution in [3.8, 4) is 28.4 Å². The predicted molar refractivity (Wildman–Crippen MR) is 182 cm³/mol. The number of hydrogen-bond donors (Lipinski definition) is 3. The van der Waals surface area contributed by atoms with Crippen LogP contribution >= 0.6 is 0 Å². The van der Waals surface area contributed by atoms with E-state index in [9.17, 15) is 23.6 Å². The maximum absolute atomic E-state index is 14.8. The number of fused-ring (bicyclic) bond motifs is 8. The van der Waals surface area contributed by atoms with Crippen molar-refractivity contribution >= 4 is 17.7 Å². The Hall–Kier alpha value is -5.72. The standard InChI is InChI=1S/C37H38FN5O7/c1-21-29(22(2)41-37(47)40-21)8-10-35(45)43-12-11-33-31(19-43)42-36(46)25-7-9-32(48-3)30(16-25)24-5-4-6-27(15-24)49-20-34(44)39-18-23-13-26(38)17-28(14-23)50-33/h4-7,9,13-17,31,33H,8,10-12,18-20H2,1-3H3,(H,39,44)(H,42,46)(H,40,41,47)/t31-,33-/m1/s1. The normalized spacial score (nSPS) is 17.8. The van der Waals surface area contributed by atoms with Crippen molar-refractivity contribution in [1.29, 1.82) is 0 Å². The molecule has 12 nitrogen and oxygen atoms in total. The van der Waals surface area contributed by atoms with Crippen molar-refractivity contribution in [3.63, 3.8) is 0 Å². The molecule has 3 heterocycles. The van der Waals surface area contributed by atoms with E-state index in [1.54, 1.807) is 61.2 Å². The van der Waals surface area contributed by atoms with Gasteiger partial charge in [-0.15, -0.1) is 0 Å². The first-order chi connectivity index (χ1) is 24.1. The summed E-state index contributed by atoms with van der Waals surface area (Å²) in [5.74, 6) is -0.274. The highest BCUT2D eigenvalue weighted by Crippen LogP contribution is 2.33. The number of nitrogens with zero attached hydrogens (tertiary/aromatic N) is 2. The van der Waals surface area contributed by atoms with Crippen molar-refractivity contribution < 1.29 is 33.0 Å². The molecule has 1 fully saturated rings. The number of aryl methyl sites for hydroxylation is 2. The molecule has 2 atom stereocenters. The second kappa shape index (κ2) is 14.8. The number of methoxy groups -OCH3 is 1. The quantitative estimate of drug-likeness (QED) is 0.295. The van der Waals surface area contributed by atoms with Gasteiger partial charge in [-0.25, -0.2) is 9.18 Å². The summed E-state index contributed by atoms with van der Waals surface area (Å²) < 4.78 is 32.4. The largest absolute Gasteiger partial charge is 0.496 e. The SMILES string of the molecule is COc1ccc2cc1-c1cccc(c1)OCC(=O)NCc1cc(F)cc(c1)O[C@@H]1CCN(C(=O)CCc3c(C)nc(=O)[nH]c3C)C[C@H]1NC2=O. The summed E-state index contributed by atoms with van der Waals surface area (Å²) in [7, 11) is 1.54. The Morgan fingerprint density at radius 1 is 1.04 bits per heavy atom. The number of carbonyl (C=O) groups is 3. The highest BCUT2D eigenvalue weighted by Gasteiger charge is 2.34. The zero-order valence-electron chi connectivity index (χ0n) is 28.0. The summed E-state index contributed by atoms with van der Waals surface area (Å²) in [5.41, 5.74) is 3.78. The van der Waals surface area contributed by atoms with Gasteiger partial charge in [-0.1, -0.05) is 12.1 Å². The van der Waals surface area contributed by atoms with Gasteiger partial charge in [0, 0.05) is 61.1 Å². The molecule has 0 spiro atoms. The molecule has 4 aromatic rings. The van der Waals surface area contributed by atoms with Crippen molar-refractivity contribution in [1.82, 2.24) is 25.5 Å². The molecule has 1 aromatic heterocycles. The van der Waals surface area contributed by atoms with Crippen LogP contribution in [-0.4, -0.2) is 71.5 Å². The van der Waals surface area contributed by atoms with Crippen LogP contribution in [-0.2, 0) is 22.6 Å². The fourth-order valence-corrected chi connectivity index (χ4v) is 6.40. The molecule has 0 radical (unpaired) electrons. The fourth-order valence-electron chi connectivity index (χ4n) is 6.40. The third kappa shape index (κ3) is 7.94. The zero-order valence-corrected chi connectivity index (χ0v) is 28.0. The summed E-state index contributed by atoms with van der Waals surface area (Å²) in [6.07, 6.45) is 0.308. The van der Waals surface area contributed by atoms with Gasteiger partial charge in [-0.05, 0) is 79.4 Å². The summed E-state index contributed by atoms with van der Waals surface area (Å²) in [6, 6.07) is 15.7. The first-order valence-corrected chi connectivity index (χ1v) is 16.4. The van der Waals surface area contributed by atoms with Gasteiger partial charge in [0.1, 0.15) is 29.2 Å². The molecule has 0 aliphatic carbocycles. The van der Waals surface area contributed by atoms with Crippen LogP contribution in [0.1, 0.15) is 45.7 Å². The van der Waals surface area contributed by atoms with Crippen LogP contribution in [0.5, 0.6) is 17.2 Å². The Labute approximate surface area is 288 Å². The lowest BCUT2D eigenvalue weighted by molar-refractivity contribution is -0.133. The summed E-state index contributed by atoms with van der Waals surface area (Å²) in [5, 5.41) is 5.82. The number of nitrogens with one attached hydrogen (secondary N) is 3. The molecular formula is C37H38FN5O7. The van der Waals surface area contributed by atoms with Crippen molar-refractivity contribution in [2.24, 2.45) is 0 Å². The average Bonchev–Trinajstić information content (AvgIpc) is 3.09. The Balaban J connectivity index is 1.30. The van der Waals surface area contributed by atoms with E-state index in [2.05, 4.69) is 20.6 Å². The molecule has 2 aliphatic heterocycles. The van der Waals surface area contributed by atoms with Gasteiger partial charge >= 0.3 is 5.69 Å². The average molecular weight is 684 g/mol. The number of H-pyrrole nitrogens is 1. The summed E-state index contributed by atoms with van der Waals surface area (Å²) in [4.78, 5) is 60.1. The molecule has 260 valence electrons. The van der Waals surface area contributed by atoms with Crippen LogP contribution in [0.3, 0.4) is 0 Å². The van der Waals surface area contributed by atoms with Crippen molar-refractivity contribution in [3.05, 3.63) is 105 Å². The van der Waals surface area contributed by atoms with E-state index in [4.69, 9.17) is 14.2 Å². The van der Waals surface area contributed by atoms with Gasteiger partial charge in [0.25, 0.3) is 11.8 Å². The smallest absolute Gasteiger partial charge is 0.345 e. The molecule has 2 aliphatic rings. The third-order valence-electron chi connectivity index (χ3n) is 8.95. The molecule has 6 bridgehead atoms. The number of benzene rings is 3. The summed E-state index contributed by atoms with van der Waals surface area (Å²) in [6.45, 7) is 3.79. The second-order valence-corrected chi connectivity index (χ2v) is 12.4. The Morgan fingerprint density at radius 3 is 2.68 bits per heavy atom. The first kappa shape index (κ1) is 34.2. The van der Waals surface area contributed by atoms with E-state index in [1.165, 1.54) is 19.2 Å². The number of hydrogen-bond acceptors (Lipinski definition) is 8. The summed E-state index contributed by atoms with van der Waals surface area (Å²) >= 11 is 0. The molecular weight excluding hydrogens is 645 g/mol. The molecule has 50 heavy (non-hydrogen) atoms. The van der Waals surface area contributed by atoms with Crippen LogP contribution < -0.4 is 30.5 Å². The Morgan fingerprint density at radius 2 is 1.88 bits per heavy atom. The number of ether oxygens (including phenoxy) is 3. The number of aromatic amines is 1. The maximum atomic E-state index is 14.8. The maximum Gasteiger partial charge on any atom is 0.345 e. The molecule has 3 amide bonds. The van der Waals surface area contributed by atoms with E-state index in [-0.39, 0.29) is 37.8 Å². The van der Waals surface area contributed by atoms with Gasteiger partial charge < -0.3 is 34.7 Å². The third-order valence-corrected chi connectivity index (χ3v) is 8.95. The fraction of sp³-hybridized carbons (Fsp3) is 0.324.